The van der Waals surface area contributed by atoms with Gasteiger partial charge >= 0.3 is 0 Å². The summed E-state index contributed by atoms with van der Waals surface area (Å²) in [4.78, 5) is 0. The first-order valence-electron chi connectivity index (χ1n) is 6.96. The molecule has 0 radical (unpaired) electrons. The lowest BCUT2D eigenvalue weighted by Gasteiger charge is -2.13. The summed E-state index contributed by atoms with van der Waals surface area (Å²) in [6, 6.07) is 15.9. The molecule has 0 bridgehead atoms. The standard InChI is InChI=1S/C17H20BrNO2/c1-13-4-2-5-14(8-13)10-19-11-16(20)12-21-17-7-3-6-15(18)9-17/h2-9,16,19-20H,10-12H2,1H3. The Labute approximate surface area is 134 Å². The summed E-state index contributed by atoms with van der Waals surface area (Å²) >= 11 is 3.39. The maximum absolute atomic E-state index is 9.91. The smallest absolute Gasteiger partial charge is 0.120 e. The summed E-state index contributed by atoms with van der Waals surface area (Å²) in [7, 11) is 0. The molecule has 0 saturated heterocycles. The molecule has 0 saturated carbocycles. The summed E-state index contributed by atoms with van der Waals surface area (Å²) in [6.45, 7) is 3.60. The monoisotopic (exact) mass is 349 g/mol. The Morgan fingerprint density at radius 3 is 2.76 bits per heavy atom. The number of rotatable bonds is 7. The minimum atomic E-state index is -0.534. The lowest BCUT2D eigenvalue weighted by atomic mass is 10.1. The van der Waals surface area contributed by atoms with Gasteiger partial charge in [0.05, 0.1) is 0 Å². The molecule has 0 amide bonds. The second-order valence-corrected chi connectivity index (χ2v) is 5.96. The molecule has 21 heavy (non-hydrogen) atoms. The highest BCUT2D eigenvalue weighted by molar-refractivity contribution is 9.10. The van der Waals surface area contributed by atoms with Gasteiger partial charge in [0.1, 0.15) is 18.5 Å². The van der Waals surface area contributed by atoms with E-state index in [1.807, 2.05) is 30.3 Å². The second kappa shape index (κ2) is 8.17. The number of benzene rings is 2. The molecule has 2 aromatic carbocycles. The molecule has 0 spiro atoms. The zero-order chi connectivity index (χ0) is 15.1. The fraction of sp³-hybridized carbons (Fsp3) is 0.294. The van der Waals surface area contributed by atoms with Crippen LogP contribution in [-0.4, -0.2) is 24.4 Å². The Morgan fingerprint density at radius 1 is 1.19 bits per heavy atom. The molecule has 2 aromatic rings. The van der Waals surface area contributed by atoms with Gasteiger partial charge in [-0.3, -0.25) is 0 Å². The molecule has 0 aliphatic rings. The highest BCUT2D eigenvalue weighted by Crippen LogP contribution is 2.17. The zero-order valence-corrected chi connectivity index (χ0v) is 13.6. The second-order valence-electron chi connectivity index (χ2n) is 5.04. The molecule has 0 aliphatic heterocycles. The predicted molar refractivity (Wildman–Crippen MR) is 88.5 cm³/mol. The molecule has 1 atom stereocenters. The largest absolute Gasteiger partial charge is 0.491 e. The number of aliphatic hydroxyl groups excluding tert-OH is 1. The Balaban J connectivity index is 1.69. The number of hydrogen-bond donors (Lipinski definition) is 2. The lowest BCUT2D eigenvalue weighted by molar-refractivity contribution is 0.106. The average Bonchev–Trinajstić information content (AvgIpc) is 2.45. The number of hydrogen-bond acceptors (Lipinski definition) is 3. The third-order valence-corrected chi connectivity index (χ3v) is 3.52. The molecule has 4 heteroatoms. The van der Waals surface area contributed by atoms with Gasteiger partial charge in [-0.1, -0.05) is 51.8 Å². The first kappa shape index (κ1) is 16.0. The molecule has 0 fully saturated rings. The first-order valence-corrected chi connectivity index (χ1v) is 7.75. The van der Waals surface area contributed by atoms with Crippen LogP contribution in [0, 0.1) is 6.92 Å². The summed E-state index contributed by atoms with van der Waals surface area (Å²) in [5.41, 5.74) is 2.46. The quantitative estimate of drug-likeness (QED) is 0.805. The number of aryl methyl sites for hydroxylation is 1. The van der Waals surface area contributed by atoms with E-state index in [0.717, 1.165) is 16.8 Å². The van der Waals surface area contributed by atoms with E-state index in [-0.39, 0.29) is 6.61 Å². The SMILES string of the molecule is Cc1cccc(CNCC(O)COc2cccc(Br)c2)c1. The van der Waals surface area contributed by atoms with E-state index < -0.39 is 6.10 Å². The molecule has 112 valence electrons. The van der Waals surface area contributed by atoms with Gasteiger partial charge in [0.2, 0.25) is 0 Å². The molecular formula is C17H20BrNO2. The Hall–Kier alpha value is -1.36. The Kier molecular flexibility index (Phi) is 6.23. The van der Waals surface area contributed by atoms with E-state index >= 15 is 0 Å². The van der Waals surface area contributed by atoms with E-state index in [9.17, 15) is 5.11 Å². The summed E-state index contributed by atoms with van der Waals surface area (Å²) in [6.07, 6.45) is -0.534. The maximum Gasteiger partial charge on any atom is 0.120 e. The van der Waals surface area contributed by atoms with Crippen LogP contribution in [0.1, 0.15) is 11.1 Å². The van der Waals surface area contributed by atoms with Crippen LogP contribution in [0.15, 0.2) is 53.0 Å². The van der Waals surface area contributed by atoms with E-state index in [4.69, 9.17) is 4.74 Å². The van der Waals surface area contributed by atoms with Crippen LogP contribution < -0.4 is 10.1 Å². The lowest BCUT2D eigenvalue weighted by Crippen LogP contribution is -2.31. The van der Waals surface area contributed by atoms with Crippen LogP contribution in [0.5, 0.6) is 5.75 Å². The van der Waals surface area contributed by atoms with Crippen molar-refractivity contribution in [3.63, 3.8) is 0 Å². The van der Waals surface area contributed by atoms with E-state index in [1.54, 1.807) is 0 Å². The van der Waals surface area contributed by atoms with Gasteiger partial charge in [0, 0.05) is 17.6 Å². The van der Waals surface area contributed by atoms with E-state index in [2.05, 4.69) is 46.4 Å². The van der Waals surface area contributed by atoms with Crippen molar-refractivity contribution in [3.8, 4) is 5.75 Å². The van der Waals surface area contributed by atoms with Crippen LogP contribution >= 0.6 is 15.9 Å². The van der Waals surface area contributed by atoms with Gasteiger partial charge in [-0.2, -0.15) is 0 Å². The number of halogens is 1. The van der Waals surface area contributed by atoms with Crippen molar-refractivity contribution < 1.29 is 9.84 Å². The van der Waals surface area contributed by atoms with Crippen molar-refractivity contribution in [1.82, 2.24) is 5.32 Å². The van der Waals surface area contributed by atoms with Crippen LogP contribution in [0.2, 0.25) is 0 Å². The molecule has 0 aliphatic carbocycles. The molecule has 2 N–H and O–H groups in total. The minimum Gasteiger partial charge on any atom is -0.491 e. The molecule has 0 heterocycles. The van der Waals surface area contributed by atoms with Gasteiger partial charge in [-0.25, -0.2) is 0 Å². The molecular weight excluding hydrogens is 330 g/mol. The highest BCUT2D eigenvalue weighted by Gasteiger charge is 2.05. The summed E-state index contributed by atoms with van der Waals surface area (Å²) < 4.78 is 6.52. The van der Waals surface area contributed by atoms with Crippen LogP contribution in [0.4, 0.5) is 0 Å². The Bertz CT molecular complexity index is 574. The molecule has 1 unspecified atom stereocenters. The topological polar surface area (TPSA) is 41.5 Å². The van der Waals surface area contributed by atoms with Gasteiger partial charge in [-0.15, -0.1) is 0 Å². The van der Waals surface area contributed by atoms with Gasteiger partial charge in [0.15, 0.2) is 0 Å². The van der Waals surface area contributed by atoms with Crippen molar-refractivity contribution in [2.75, 3.05) is 13.2 Å². The van der Waals surface area contributed by atoms with Crippen LogP contribution in [0.3, 0.4) is 0 Å². The van der Waals surface area contributed by atoms with Crippen molar-refractivity contribution >= 4 is 15.9 Å². The minimum absolute atomic E-state index is 0.275. The normalized spacial score (nSPS) is 12.1. The van der Waals surface area contributed by atoms with E-state index in [1.165, 1.54) is 11.1 Å². The number of aliphatic hydroxyl groups is 1. The van der Waals surface area contributed by atoms with Crippen molar-refractivity contribution in [2.24, 2.45) is 0 Å². The van der Waals surface area contributed by atoms with Crippen molar-refractivity contribution in [1.29, 1.82) is 0 Å². The molecule has 0 aromatic heterocycles. The fourth-order valence-electron chi connectivity index (χ4n) is 2.01. The first-order chi connectivity index (χ1) is 10.1. The van der Waals surface area contributed by atoms with E-state index in [0.29, 0.717) is 6.54 Å². The molecule has 2 rings (SSSR count). The third kappa shape index (κ3) is 5.87. The maximum atomic E-state index is 9.91. The van der Waals surface area contributed by atoms with Crippen molar-refractivity contribution in [2.45, 2.75) is 19.6 Å². The van der Waals surface area contributed by atoms with Crippen LogP contribution in [-0.2, 0) is 6.54 Å². The third-order valence-electron chi connectivity index (χ3n) is 3.03. The van der Waals surface area contributed by atoms with Gasteiger partial charge < -0.3 is 15.2 Å². The average molecular weight is 350 g/mol. The van der Waals surface area contributed by atoms with Gasteiger partial charge in [-0.05, 0) is 30.7 Å². The fourth-order valence-corrected chi connectivity index (χ4v) is 2.39. The Morgan fingerprint density at radius 2 is 2.00 bits per heavy atom. The zero-order valence-electron chi connectivity index (χ0n) is 12.1. The number of ether oxygens (including phenoxy) is 1. The van der Waals surface area contributed by atoms with Crippen molar-refractivity contribution in [3.05, 3.63) is 64.1 Å². The van der Waals surface area contributed by atoms with Crippen LogP contribution in [0.25, 0.3) is 0 Å². The summed E-state index contributed by atoms with van der Waals surface area (Å²) in [5.74, 6) is 0.752. The number of nitrogens with one attached hydrogen (secondary N) is 1. The highest BCUT2D eigenvalue weighted by atomic mass is 79.9. The molecule has 3 nitrogen and oxygen atoms in total. The predicted octanol–water partition coefficient (Wildman–Crippen LogP) is 3.29. The van der Waals surface area contributed by atoms with Gasteiger partial charge in [0.25, 0.3) is 0 Å². The summed E-state index contributed by atoms with van der Waals surface area (Å²) in [5, 5.41) is 13.2.